The number of phenols is 1. The second-order valence-corrected chi connectivity index (χ2v) is 6.31. The molecule has 0 heterocycles. The third-order valence-corrected chi connectivity index (χ3v) is 4.17. The molecule has 0 fully saturated rings. The maximum absolute atomic E-state index is 12.2. The van der Waals surface area contributed by atoms with E-state index in [0.717, 1.165) is 0 Å². The molecule has 8 heteroatoms. The Labute approximate surface area is 133 Å². The monoisotopic (exact) mass is 340 g/mol. The normalized spacial score (nSPS) is 11.5. The van der Waals surface area contributed by atoms with Crippen LogP contribution in [0.4, 0.5) is 0 Å². The molecule has 0 radical (unpaired) electrons. The van der Waals surface area contributed by atoms with Crippen LogP contribution in [0, 0.1) is 0 Å². The number of methoxy groups -OCH3 is 1. The van der Waals surface area contributed by atoms with Crippen molar-refractivity contribution in [2.45, 2.75) is 4.90 Å². The van der Waals surface area contributed by atoms with Crippen LogP contribution in [0.2, 0.25) is 5.02 Å². The molecule has 2 rings (SSSR count). The summed E-state index contributed by atoms with van der Waals surface area (Å²) >= 11 is 5.81. The van der Waals surface area contributed by atoms with Crippen LogP contribution in [0.3, 0.4) is 0 Å². The van der Waals surface area contributed by atoms with E-state index in [1.54, 1.807) is 12.1 Å². The molecule has 0 saturated heterocycles. The second-order valence-electron chi connectivity index (χ2n) is 4.24. The third-order valence-electron chi connectivity index (χ3n) is 2.69. The van der Waals surface area contributed by atoms with Gasteiger partial charge in [-0.15, -0.1) is 0 Å². The summed E-state index contributed by atoms with van der Waals surface area (Å²) in [6.07, 6.45) is 1.31. The number of sulfonamides is 1. The van der Waals surface area contributed by atoms with E-state index < -0.39 is 10.0 Å². The molecule has 6 nitrogen and oxygen atoms in total. The number of nitrogens with one attached hydrogen (secondary N) is 1. The molecule has 0 unspecified atom stereocenters. The second kappa shape index (κ2) is 6.67. The Morgan fingerprint density at radius 2 is 1.91 bits per heavy atom. The van der Waals surface area contributed by atoms with Gasteiger partial charge in [0.15, 0.2) is 0 Å². The minimum atomic E-state index is -3.91. The molecule has 0 aliphatic rings. The Hall–Kier alpha value is -2.25. The van der Waals surface area contributed by atoms with E-state index in [-0.39, 0.29) is 21.4 Å². The Kier molecular flexibility index (Phi) is 4.89. The number of hydrazone groups is 1. The number of nitrogens with zero attached hydrogens (tertiary/aromatic N) is 1. The van der Waals surface area contributed by atoms with Gasteiger partial charge in [-0.25, -0.2) is 0 Å². The molecule has 2 aromatic rings. The molecule has 0 aliphatic carbocycles. The number of phenolic OH excluding ortho intramolecular Hbond substituents is 1. The van der Waals surface area contributed by atoms with Crippen LogP contribution in [-0.4, -0.2) is 26.8 Å². The van der Waals surface area contributed by atoms with Gasteiger partial charge < -0.3 is 9.84 Å². The molecule has 2 aromatic carbocycles. The Bertz CT molecular complexity index is 789. The lowest BCUT2D eigenvalue weighted by molar-refractivity contribution is 0.402. The maximum atomic E-state index is 12.2. The minimum absolute atomic E-state index is 0.106. The summed E-state index contributed by atoms with van der Waals surface area (Å²) in [5.41, 5.74) is 0.624. The maximum Gasteiger partial charge on any atom is 0.280 e. The van der Waals surface area contributed by atoms with E-state index in [2.05, 4.69) is 9.93 Å². The van der Waals surface area contributed by atoms with E-state index >= 15 is 0 Å². The molecule has 0 bridgehead atoms. The summed E-state index contributed by atoms with van der Waals surface area (Å²) in [6.45, 7) is 0. The first-order valence-corrected chi connectivity index (χ1v) is 7.96. The van der Waals surface area contributed by atoms with Crippen molar-refractivity contribution in [3.8, 4) is 11.5 Å². The van der Waals surface area contributed by atoms with E-state index in [1.807, 2.05) is 0 Å². The van der Waals surface area contributed by atoms with Crippen molar-refractivity contribution >= 4 is 27.8 Å². The Balaban J connectivity index is 2.21. The van der Waals surface area contributed by atoms with E-state index in [9.17, 15) is 8.42 Å². The lowest BCUT2D eigenvalue weighted by Gasteiger charge is -2.09. The van der Waals surface area contributed by atoms with E-state index in [4.69, 9.17) is 21.4 Å². The van der Waals surface area contributed by atoms with Crippen LogP contribution in [0.25, 0.3) is 0 Å². The standard InChI is InChI=1S/C14H13ClN2O4S/c1-21-13-7-4-11(15)8-14(13)22(19,20)17-16-9-10-2-5-12(18)6-3-10/h2-9,17-18H,1H3/b16-9+. The number of ether oxygens (including phenoxy) is 1. The molecule has 22 heavy (non-hydrogen) atoms. The van der Waals surface area contributed by atoms with Crippen molar-refractivity contribution in [3.05, 3.63) is 53.1 Å². The van der Waals surface area contributed by atoms with Gasteiger partial charge in [-0.05, 0) is 48.0 Å². The molecular weight excluding hydrogens is 328 g/mol. The van der Waals surface area contributed by atoms with Crippen molar-refractivity contribution in [2.24, 2.45) is 5.10 Å². The molecule has 0 aliphatic heterocycles. The number of hydrogen-bond acceptors (Lipinski definition) is 5. The minimum Gasteiger partial charge on any atom is -0.508 e. The van der Waals surface area contributed by atoms with Crippen LogP contribution >= 0.6 is 11.6 Å². The highest BCUT2D eigenvalue weighted by molar-refractivity contribution is 7.89. The molecule has 116 valence electrons. The van der Waals surface area contributed by atoms with Gasteiger partial charge in [0.05, 0.1) is 13.3 Å². The van der Waals surface area contributed by atoms with Gasteiger partial charge in [-0.3, -0.25) is 0 Å². The highest BCUT2D eigenvalue weighted by atomic mass is 35.5. The zero-order valence-electron chi connectivity index (χ0n) is 11.5. The first-order valence-electron chi connectivity index (χ1n) is 6.10. The highest BCUT2D eigenvalue weighted by Gasteiger charge is 2.19. The summed E-state index contributed by atoms with van der Waals surface area (Å²) in [7, 11) is -2.55. The molecule has 0 aromatic heterocycles. The summed E-state index contributed by atoms with van der Waals surface area (Å²) < 4.78 is 29.4. The number of rotatable bonds is 5. The summed E-state index contributed by atoms with van der Waals surface area (Å²) in [5, 5.41) is 13.1. The molecule has 0 saturated carbocycles. The van der Waals surface area contributed by atoms with Crippen LogP contribution in [-0.2, 0) is 10.0 Å². The number of aromatic hydroxyl groups is 1. The lowest BCUT2D eigenvalue weighted by Crippen LogP contribution is -2.19. The van der Waals surface area contributed by atoms with Crippen molar-refractivity contribution in [1.82, 2.24) is 4.83 Å². The largest absolute Gasteiger partial charge is 0.508 e. The first kappa shape index (κ1) is 16.1. The number of hydrogen-bond donors (Lipinski definition) is 2. The average Bonchev–Trinajstić information content (AvgIpc) is 2.49. The van der Waals surface area contributed by atoms with Gasteiger partial charge in [0, 0.05) is 5.02 Å². The molecule has 0 amide bonds. The zero-order chi connectivity index (χ0) is 16.2. The summed E-state index contributed by atoms with van der Waals surface area (Å²) in [5.74, 6) is 0.276. The molecule has 0 atom stereocenters. The molecule has 2 N–H and O–H groups in total. The number of halogens is 1. The summed E-state index contributed by atoms with van der Waals surface area (Å²) in [6, 6.07) is 10.4. The van der Waals surface area contributed by atoms with Crippen LogP contribution in [0.1, 0.15) is 5.56 Å². The zero-order valence-corrected chi connectivity index (χ0v) is 13.1. The highest BCUT2D eigenvalue weighted by Crippen LogP contribution is 2.26. The SMILES string of the molecule is COc1ccc(Cl)cc1S(=O)(=O)N/N=C/c1ccc(O)cc1. The lowest BCUT2D eigenvalue weighted by atomic mass is 10.2. The first-order chi connectivity index (χ1) is 10.4. The van der Waals surface area contributed by atoms with Gasteiger partial charge in [0.25, 0.3) is 10.0 Å². The van der Waals surface area contributed by atoms with Gasteiger partial charge >= 0.3 is 0 Å². The van der Waals surface area contributed by atoms with Crippen LogP contribution < -0.4 is 9.57 Å². The predicted octanol–water partition coefficient (Wildman–Crippen LogP) is 2.37. The van der Waals surface area contributed by atoms with E-state index in [0.29, 0.717) is 5.56 Å². The van der Waals surface area contributed by atoms with Gasteiger partial charge in [0.1, 0.15) is 16.4 Å². The summed E-state index contributed by atoms with van der Waals surface area (Å²) in [4.78, 5) is 1.97. The molecule has 0 spiro atoms. The van der Waals surface area contributed by atoms with Gasteiger partial charge in [0.2, 0.25) is 0 Å². The Morgan fingerprint density at radius 1 is 1.23 bits per heavy atom. The van der Waals surface area contributed by atoms with Crippen molar-refractivity contribution in [3.63, 3.8) is 0 Å². The molecular formula is C14H13ClN2O4S. The van der Waals surface area contributed by atoms with E-state index in [1.165, 1.54) is 43.7 Å². The number of benzene rings is 2. The van der Waals surface area contributed by atoms with Crippen LogP contribution in [0.5, 0.6) is 11.5 Å². The average molecular weight is 341 g/mol. The van der Waals surface area contributed by atoms with Gasteiger partial charge in [-0.2, -0.15) is 18.4 Å². The smallest absolute Gasteiger partial charge is 0.280 e. The van der Waals surface area contributed by atoms with Crippen molar-refractivity contribution in [2.75, 3.05) is 7.11 Å². The van der Waals surface area contributed by atoms with Crippen LogP contribution in [0.15, 0.2) is 52.5 Å². The Morgan fingerprint density at radius 3 is 2.55 bits per heavy atom. The quantitative estimate of drug-likeness (QED) is 0.646. The fourth-order valence-corrected chi connectivity index (χ4v) is 2.87. The third kappa shape index (κ3) is 3.90. The topological polar surface area (TPSA) is 88.0 Å². The van der Waals surface area contributed by atoms with Crippen molar-refractivity contribution in [1.29, 1.82) is 0 Å². The fourth-order valence-electron chi connectivity index (χ4n) is 1.64. The van der Waals surface area contributed by atoms with Crippen molar-refractivity contribution < 1.29 is 18.3 Å². The van der Waals surface area contributed by atoms with Gasteiger partial charge in [-0.1, -0.05) is 11.6 Å². The predicted molar refractivity (Wildman–Crippen MR) is 84.0 cm³/mol. The fraction of sp³-hybridized carbons (Fsp3) is 0.0714.